The molecule has 1 N–H and O–H groups in total. The van der Waals surface area contributed by atoms with Crippen molar-refractivity contribution < 1.29 is 23.8 Å². The molecule has 0 bridgehead atoms. The predicted octanol–water partition coefficient (Wildman–Crippen LogP) is 2.12. The molecule has 0 unspecified atom stereocenters. The number of hydrogen-bond donors (Lipinski definition) is 1. The van der Waals surface area contributed by atoms with Gasteiger partial charge in [0, 0.05) is 25.1 Å². The van der Waals surface area contributed by atoms with Crippen LogP contribution in [0.4, 0.5) is 10.8 Å². The van der Waals surface area contributed by atoms with Gasteiger partial charge in [0.05, 0.1) is 32.9 Å². The molecule has 0 aliphatic carbocycles. The van der Waals surface area contributed by atoms with Crippen LogP contribution in [0.5, 0.6) is 17.2 Å². The van der Waals surface area contributed by atoms with Crippen LogP contribution in [0.3, 0.4) is 0 Å². The Morgan fingerprint density at radius 2 is 1.89 bits per heavy atom. The maximum absolute atomic E-state index is 12.6. The van der Waals surface area contributed by atoms with Crippen LogP contribution in [0.15, 0.2) is 12.1 Å². The number of anilines is 2. The van der Waals surface area contributed by atoms with E-state index in [1.807, 2.05) is 6.92 Å². The fraction of sp³-hybridized carbons (Fsp3) is 0.444. The maximum atomic E-state index is 12.6. The van der Waals surface area contributed by atoms with Gasteiger partial charge < -0.3 is 24.4 Å². The number of carbonyl (C=O) groups excluding carboxylic acids is 2. The van der Waals surface area contributed by atoms with Gasteiger partial charge in [-0.15, -0.1) is 10.2 Å². The Kier molecular flexibility index (Phi) is 5.98. The van der Waals surface area contributed by atoms with Gasteiger partial charge in [0.15, 0.2) is 11.5 Å². The molecule has 10 heteroatoms. The summed E-state index contributed by atoms with van der Waals surface area (Å²) < 4.78 is 16.0. The third kappa shape index (κ3) is 3.86. The lowest BCUT2D eigenvalue weighted by Crippen LogP contribution is -2.28. The molecule has 1 saturated heterocycles. The van der Waals surface area contributed by atoms with Crippen molar-refractivity contribution in [3.8, 4) is 17.2 Å². The van der Waals surface area contributed by atoms with E-state index >= 15 is 0 Å². The Labute approximate surface area is 166 Å². The zero-order valence-corrected chi connectivity index (χ0v) is 17.0. The largest absolute Gasteiger partial charge is 0.493 e. The summed E-state index contributed by atoms with van der Waals surface area (Å²) in [4.78, 5) is 26.7. The average Bonchev–Trinajstić information content (AvgIpc) is 3.32. The summed E-state index contributed by atoms with van der Waals surface area (Å²) in [6.45, 7) is 2.22. The van der Waals surface area contributed by atoms with E-state index in [0.717, 1.165) is 11.4 Å². The average molecular weight is 406 g/mol. The molecule has 0 saturated carbocycles. The van der Waals surface area contributed by atoms with Crippen molar-refractivity contribution in [1.29, 1.82) is 0 Å². The number of ether oxygens (including phenoxy) is 3. The van der Waals surface area contributed by atoms with Gasteiger partial charge in [0.1, 0.15) is 5.01 Å². The van der Waals surface area contributed by atoms with E-state index < -0.39 is 5.92 Å². The highest BCUT2D eigenvalue weighted by molar-refractivity contribution is 7.15. The molecule has 0 spiro atoms. The van der Waals surface area contributed by atoms with Crippen LogP contribution in [0.25, 0.3) is 0 Å². The Balaban J connectivity index is 1.77. The molecular formula is C18H22N4O5S. The number of nitrogens with one attached hydrogen (secondary N) is 1. The minimum Gasteiger partial charge on any atom is -0.493 e. The number of benzene rings is 1. The van der Waals surface area contributed by atoms with Gasteiger partial charge in [-0.1, -0.05) is 18.3 Å². The molecule has 1 aliphatic heterocycles. The number of hydrogen-bond acceptors (Lipinski definition) is 8. The molecule has 2 aromatic rings. The van der Waals surface area contributed by atoms with Crippen molar-refractivity contribution in [2.24, 2.45) is 5.92 Å². The number of rotatable bonds is 7. The molecule has 1 aromatic carbocycles. The number of aryl methyl sites for hydroxylation is 1. The predicted molar refractivity (Wildman–Crippen MR) is 104 cm³/mol. The number of methoxy groups -OCH3 is 3. The van der Waals surface area contributed by atoms with E-state index in [0.29, 0.717) is 28.1 Å². The van der Waals surface area contributed by atoms with Crippen LogP contribution in [-0.2, 0) is 16.0 Å². The van der Waals surface area contributed by atoms with E-state index in [-0.39, 0.29) is 24.8 Å². The Morgan fingerprint density at radius 1 is 1.21 bits per heavy atom. The highest BCUT2D eigenvalue weighted by Crippen LogP contribution is 2.42. The van der Waals surface area contributed by atoms with Crippen molar-refractivity contribution in [1.82, 2.24) is 10.2 Å². The molecule has 150 valence electrons. The van der Waals surface area contributed by atoms with Gasteiger partial charge in [-0.2, -0.15) is 0 Å². The fourth-order valence-corrected chi connectivity index (χ4v) is 3.69. The summed E-state index contributed by atoms with van der Waals surface area (Å²) >= 11 is 1.33. The summed E-state index contributed by atoms with van der Waals surface area (Å²) in [6.07, 6.45) is 0.867. The second kappa shape index (κ2) is 8.42. The van der Waals surface area contributed by atoms with Gasteiger partial charge in [0.2, 0.25) is 22.7 Å². The highest BCUT2D eigenvalue weighted by atomic mass is 32.1. The monoisotopic (exact) mass is 406 g/mol. The molecule has 28 heavy (non-hydrogen) atoms. The van der Waals surface area contributed by atoms with Crippen molar-refractivity contribution in [2.75, 3.05) is 38.1 Å². The van der Waals surface area contributed by atoms with E-state index in [2.05, 4.69) is 15.5 Å². The minimum absolute atomic E-state index is 0.113. The lowest BCUT2D eigenvalue weighted by Gasteiger charge is -2.20. The van der Waals surface area contributed by atoms with Crippen molar-refractivity contribution in [3.05, 3.63) is 17.1 Å². The lowest BCUT2D eigenvalue weighted by atomic mass is 10.1. The first-order valence-electron chi connectivity index (χ1n) is 8.74. The van der Waals surface area contributed by atoms with E-state index in [4.69, 9.17) is 14.2 Å². The second-order valence-electron chi connectivity index (χ2n) is 6.13. The molecule has 1 atom stereocenters. The van der Waals surface area contributed by atoms with Crippen LogP contribution in [0.2, 0.25) is 0 Å². The fourth-order valence-electron chi connectivity index (χ4n) is 3.01. The quantitative estimate of drug-likeness (QED) is 0.751. The summed E-state index contributed by atoms with van der Waals surface area (Å²) in [7, 11) is 4.53. The maximum Gasteiger partial charge on any atom is 0.231 e. The summed E-state index contributed by atoms with van der Waals surface area (Å²) in [5, 5.41) is 12.0. The molecule has 9 nitrogen and oxygen atoms in total. The van der Waals surface area contributed by atoms with Crippen LogP contribution in [-0.4, -0.2) is 49.9 Å². The molecule has 1 fully saturated rings. The molecule has 0 radical (unpaired) electrons. The van der Waals surface area contributed by atoms with Gasteiger partial charge in [-0.25, -0.2) is 0 Å². The first-order valence-corrected chi connectivity index (χ1v) is 9.55. The van der Waals surface area contributed by atoms with E-state index in [1.165, 1.54) is 32.7 Å². The molecule has 2 heterocycles. The minimum atomic E-state index is -0.486. The van der Waals surface area contributed by atoms with Crippen molar-refractivity contribution in [2.45, 2.75) is 19.8 Å². The first-order chi connectivity index (χ1) is 13.5. The number of nitrogens with zero attached hydrogens (tertiary/aromatic N) is 3. The van der Waals surface area contributed by atoms with Gasteiger partial charge in [0.25, 0.3) is 0 Å². The topological polar surface area (TPSA) is 103 Å². The second-order valence-corrected chi connectivity index (χ2v) is 7.19. The zero-order chi connectivity index (χ0) is 20.3. The molecule has 1 aliphatic rings. The normalized spacial score (nSPS) is 16.2. The summed E-state index contributed by atoms with van der Waals surface area (Å²) in [5.74, 6) is 0.443. The molecule has 1 aromatic heterocycles. The summed E-state index contributed by atoms with van der Waals surface area (Å²) in [6, 6.07) is 3.38. The molecular weight excluding hydrogens is 384 g/mol. The zero-order valence-electron chi connectivity index (χ0n) is 16.1. The van der Waals surface area contributed by atoms with E-state index in [9.17, 15) is 9.59 Å². The summed E-state index contributed by atoms with van der Waals surface area (Å²) in [5.41, 5.74) is 0.582. The van der Waals surface area contributed by atoms with Crippen LogP contribution in [0, 0.1) is 5.92 Å². The Bertz CT molecular complexity index is 860. The van der Waals surface area contributed by atoms with Crippen molar-refractivity contribution >= 4 is 34.0 Å². The third-order valence-corrected chi connectivity index (χ3v) is 5.44. The van der Waals surface area contributed by atoms with Crippen LogP contribution >= 0.6 is 11.3 Å². The standard InChI is InChI=1S/C18H22N4O5S/c1-5-14-20-21-18(28-14)19-17(24)10-6-15(23)22(9-10)11-7-12(25-2)16(27-4)13(8-11)26-3/h7-8,10H,5-6,9H2,1-4H3,(H,19,21,24)/t10-/m1/s1. The van der Waals surface area contributed by atoms with E-state index in [1.54, 1.807) is 17.0 Å². The van der Waals surface area contributed by atoms with Gasteiger partial charge in [-0.05, 0) is 6.42 Å². The van der Waals surface area contributed by atoms with Crippen LogP contribution in [0.1, 0.15) is 18.4 Å². The number of aromatic nitrogens is 2. The van der Waals surface area contributed by atoms with Gasteiger partial charge >= 0.3 is 0 Å². The smallest absolute Gasteiger partial charge is 0.231 e. The number of amides is 2. The molecule has 3 rings (SSSR count). The van der Waals surface area contributed by atoms with Crippen LogP contribution < -0.4 is 24.4 Å². The lowest BCUT2D eigenvalue weighted by molar-refractivity contribution is -0.122. The first kappa shape index (κ1) is 19.9. The molecule has 2 amide bonds. The Hall–Kier alpha value is -2.88. The van der Waals surface area contributed by atoms with Gasteiger partial charge in [-0.3, -0.25) is 9.59 Å². The Morgan fingerprint density at radius 3 is 2.43 bits per heavy atom. The van der Waals surface area contributed by atoms with Crippen molar-refractivity contribution in [3.63, 3.8) is 0 Å². The number of carbonyl (C=O) groups is 2. The third-order valence-electron chi connectivity index (χ3n) is 4.46. The highest BCUT2D eigenvalue weighted by Gasteiger charge is 2.36. The SMILES string of the molecule is CCc1nnc(NC(=O)[C@@H]2CC(=O)N(c3cc(OC)c(OC)c(OC)c3)C2)s1.